The fraction of sp³-hybridized carbons (Fsp3) is 1.00. The molecule has 1 heterocycles. The van der Waals surface area contributed by atoms with Crippen molar-refractivity contribution in [2.24, 2.45) is 5.41 Å². The molecule has 3 fully saturated rings. The third kappa shape index (κ3) is 1.50. The van der Waals surface area contributed by atoms with Crippen LogP contribution >= 0.6 is 0 Å². The first-order chi connectivity index (χ1) is 6.28. The first-order valence-electron chi connectivity index (χ1n) is 5.73. The van der Waals surface area contributed by atoms with Crippen molar-refractivity contribution >= 4 is 0 Å². The zero-order chi connectivity index (χ0) is 8.89. The predicted octanol–water partition coefficient (Wildman–Crippen LogP) is 1.22. The van der Waals surface area contributed by atoms with Gasteiger partial charge in [0.15, 0.2) is 0 Å². The van der Waals surface area contributed by atoms with Gasteiger partial charge in [-0.1, -0.05) is 0 Å². The molecule has 0 aromatic carbocycles. The normalized spacial score (nSPS) is 38.1. The lowest BCUT2D eigenvalue weighted by Gasteiger charge is -2.38. The van der Waals surface area contributed by atoms with Crippen molar-refractivity contribution < 1.29 is 0 Å². The quantitative estimate of drug-likeness (QED) is 0.687. The van der Waals surface area contributed by atoms with E-state index in [-0.39, 0.29) is 0 Å². The van der Waals surface area contributed by atoms with Gasteiger partial charge in [-0.25, -0.2) is 0 Å². The average Bonchev–Trinajstić information content (AvgIpc) is 2.93. The Hall–Kier alpha value is -0.0800. The molecule has 3 rings (SSSR count). The van der Waals surface area contributed by atoms with Crippen LogP contribution in [0.25, 0.3) is 0 Å². The molecule has 3 aliphatic rings. The van der Waals surface area contributed by atoms with Gasteiger partial charge in [0.2, 0.25) is 0 Å². The van der Waals surface area contributed by atoms with Crippen LogP contribution in [-0.4, -0.2) is 37.1 Å². The summed E-state index contributed by atoms with van der Waals surface area (Å²) in [6.07, 6.45) is 7.20. The lowest BCUT2D eigenvalue weighted by Crippen LogP contribution is -2.50. The highest BCUT2D eigenvalue weighted by molar-refractivity contribution is 5.07. The van der Waals surface area contributed by atoms with Crippen molar-refractivity contribution in [1.29, 1.82) is 0 Å². The molecule has 1 spiro atoms. The smallest absolute Gasteiger partial charge is 0.0150 e. The minimum atomic E-state index is 0.704. The second-order valence-corrected chi connectivity index (χ2v) is 5.38. The molecule has 1 aliphatic heterocycles. The third-order valence-electron chi connectivity index (χ3n) is 4.03. The number of hydrogen-bond donors (Lipinski definition) is 1. The number of nitrogens with one attached hydrogen (secondary N) is 1. The Morgan fingerprint density at radius 1 is 1.23 bits per heavy atom. The molecule has 2 nitrogen and oxygen atoms in total. The Morgan fingerprint density at radius 2 is 2.00 bits per heavy atom. The van der Waals surface area contributed by atoms with Gasteiger partial charge < -0.3 is 10.2 Å². The van der Waals surface area contributed by atoms with Crippen LogP contribution in [0.4, 0.5) is 0 Å². The highest BCUT2D eigenvalue weighted by Gasteiger charge is 2.52. The minimum absolute atomic E-state index is 0.704. The van der Waals surface area contributed by atoms with Gasteiger partial charge in [0, 0.05) is 18.6 Å². The maximum absolute atomic E-state index is 3.84. The van der Waals surface area contributed by atoms with E-state index in [4.69, 9.17) is 0 Å². The van der Waals surface area contributed by atoms with Crippen LogP contribution in [-0.2, 0) is 0 Å². The SMILES string of the molecule is CN1CC[C@H](NC2CC2)C2(CC2)C1. The summed E-state index contributed by atoms with van der Waals surface area (Å²) in [6, 6.07) is 1.75. The van der Waals surface area contributed by atoms with Crippen molar-refractivity contribution in [3.63, 3.8) is 0 Å². The van der Waals surface area contributed by atoms with Gasteiger partial charge in [0.1, 0.15) is 0 Å². The van der Waals surface area contributed by atoms with Crippen molar-refractivity contribution in [3.8, 4) is 0 Å². The van der Waals surface area contributed by atoms with E-state index in [1.165, 1.54) is 45.2 Å². The lowest BCUT2D eigenvalue weighted by molar-refractivity contribution is 0.146. The fourth-order valence-electron chi connectivity index (χ4n) is 2.84. The second-order valence-electron chi connectivity index (χ2n) is 5.38. The molecule has 1 saturated heterocycles. The molecule has 0 aromatic heterocycles. The molecule has 2 saturated carbocycles. The Kier molecular flexibility index (Phi) is 1.72. The van der Waals surface area contributed by atoms with Crippen molar-refractivity contribution in [2.75, 3.05) is 20.1 Å². The number of hydrogen-bond acceptors (Lipinski definition) is 2. The van der Waals surface area contributed by atoms with E-state index in [0.717, 1.165) is 12.1 Å². The van der Waals surface area contributed by atoms with Crippen LogP contribution < -0.4 is 5.32 Å². The molecule has 0 bridgehead atoms. The summed E-state index contributed by atoms with van der Waals surface area (Å²) in [7, 11) is 2.27. The maximum atomic E-state index is 3.84. The molecule has 0 amide bonds. The molecule has 0 unspecified atom stereocenters. The summed E-state index contributed by atoms with van der Waals surface area (Å²) in [5.74, 6) is 0. The van der Waals surface area contributed by atoms with Crippen molar-refractivity contribution in [1.82, 2.24) is 10.2 Å². The fourth-order valence-corrected chi connectivity index (χ4v) is 2.84. The van der Waals surface area contributed by atoms with E-state index in [2.05, 4.69) is 17.3 Å². The molecular weight excluding hydrogens is 160 g/mol. The number of rotatable bonds is 2. The van der Waals surface area contributed by atoms with Crippen LogP contribution in [0.2, 0.25) is 0 Å². The molecule has 13 heavy (non-hydrogen) atoms. The molecule has 1 atom stereocenters. The van der Waals surface area contributed by atoms with Gasteiger partial charge in [-0.15, -0.1) is 0 Å². The van der Waals surface area contributed by atoms with E-state index in [9.17, 15) is 0 Å². The first-order valence-corrected chi connectivity index (χ1v) is 5.73. The topological polar surface area (TPSA) is 15.3 Å². The summed E-state index contributed by atoms with van der Waals surface area (Å²) < 4.78 is 0. The lowest BCUT2D eigenvalue weighted by atomic mass is 9.89. The Morgan fingerprint density at radius 3 is 2.62 bits per heavy atom. The van der Waals surface area contributed by atoms with Gasteiger partial charge in [-0.3, -0.25) is 0 Å². The molecule has 2 aliphatic carbocycles. The van der Waals surface area contributed by atoms with Crippen LogP contribution in [0.5, 0.6) is 0 Å². The average molecular weight is 180 g/mol. The zero-order valence-corrected chi connectivity index (χ0v) is 8.55. The van der Waals surface area contributed by atoms with Crippen LogP contribution in [0.3, 0.4) is 0 Å². The molecule has 0 aromatic rings. The molecular formula is C11H20N2. The van der Waals surface area contributed by atoms with Crippen molar-refractivity contribution in [2.45, 2.75) is 44.2 Å². The Balaban J connectivity index is 1.65. The minimum Gasteiger partial charge on any atom is -0.311 e. The van der Waals surface area contributed by atoms with Gasteiger partial charge in [0.05, 0.1) is 0 Å². The molecule has 2 heteroatoms. The van der Waals surface area contributed by atoms with Gasteiger partial charge in [0.25, 0.3) is 0 Å². The van der Waals surface area contributed by atoms with Crippen molar-refractivity contribution in [3.05, 3.63) is 0 Å². The maximum Gasteiger partial charge on any atom is 0.0150 e. The van der Waals surface area contributed by atoms with E-state index in [0.29, 0.717) is 5.41 Å². The van der Waals surface area contributed by atoms with E-state index in [1.54, 1.807) is 0 Å². The summed E-state index contributed by atoms with van der Waals surface area (Å²) in [5, 5.41) is 3.84. The Bertz CT molecular complexity index is 206. The molecule has 1 N–H and O–H groups in total. The summed E-state index contributed by atoms with van der Waals surface area (Å²) in [6.45, 7) is 2.64. The number of likely N-dealkylation sites (tertiary alicyclic amines) is 1. The third-order valence-corrected chi connectivity index (χ3v) is 4.03. The van der Waals surface area contributed by atoms with Crippen LogP contribution in [0.1, 0.15) is 32.1 Å². The number of piperidine rings is 1. The summed E-state index contributed by atoms with van der Waals surface area (Å²) in [5.41, 5.74) is 0.704. The summed E-state index contributed by atoms with van der Waals surface area (Å²) >= 11 is 0. The van der Waals surface area contributed by atoms with Crippen LogP contribution in [0, 0.1) is 5.41 Å². The standard InChI is InChI=1S/C11H20N2/c1-13-7-4-10(12-9-2-3-9)11(8-13)5-6-11/h9-10,12H,2-8H2,1H3/t10-/m0/s1. The molecule has 74 valence electrons. The second kappa shape index (κ2) is 2.71. The Labute approximate surface area is 80.7 Å². The zero-order valence-electron chi connectivity index (χ0n) is 8.55. The molecule has 0 radical (unpaired) electrons. The highest BCUT2D eigenvalue weighted by atomic mass is 15.2. The van der Waals surface area contributed by atoms with Gasteiger partial charge >= 0.3 is 0 Å². The largest absolute Gasteiger partial charge is 0.311 e. The monoisotopic (exact) mass is 180 g/mol. The highest BCUT2D eigenvalue weighted by Crippen LogP contribution is 2.52. The first kappa shape index (κ1) is 8.25. The predicted molar refractivity (Wildman–Crippen MR) is 53.7 cm³/mol. The van der Waals surface area contributed by atoms with E-state index in [1.807, 2.05) is 0 Å². The van der Waals surface area contributed by atoms with Gasteiger partial charge in [-0.2, -0.15) is 0 Å². The summed E-state index contributed by atoms with van der Waals surface area (Å²) in [4.78, 5) is 2.51. The van der Waals surface area contributed by atoms with Gasteiger partial charge in [-0.05, 0) is 51.1 Å². The van der Waals surface area contributed by atoms with E-state index < -0.39 is 0 Å². The van der Waals surface area contributed by atoms with Crippen LogP contribution in [0.15, 0.2) is 0 Å². The van der Waals surface area contributed by atoms with E-state index >= 15 is 0 Å². The number of nitrogens with zero attached hydrogens (tertiary/aromatic N) is 1.